The van der Waals surface area contributed by atoms with Gasteiger partial charge in [-0.3, -0.25) is 4.98 Å². The van der Waals surface area contributed by atoms with Crippen molar-refractivity contribution in [3.8, 4) is 0 Å². The average Bonchev–Trinajstić information content (AvgIpc) is 2.37. The third kappa shape index (κ3) is 4.95. The van der Waals surface area contributed by atoms with Crippen molar-refractivity contribution in [3.05, 3.63) is 30.7 Å². The predicted molar refractivity (Wildman–Crippen MR) is 72.1 cm³/mol. The highest BCUT2D eigenvalue weighted by Crippen LogP contribution is 2.08. The molecule has 0 saturated heterocycles. The molecule has 0 fully saturated rings. The molecule has 4 heteroatoms. The van der Waals surface area contributed by atoms with Gasteiger partial charge < -0.3 is 10.2 Å². The second-order valence-electron chi connectivity index (χ2n) is 4.00. The number of nitrogens with zero attached hydrogens (tertiary/aromatic N) is 3. The fourth-order valence-corrected chi connectivity index (χ4v) is 1.50. The molecule has 1 N–H and O–H groups in total. The van der Waals surface area contributed by atoms with Gasteiger partial charge in [0.1, 0.15) is 5.82 Å². The summed E-state index contributed by atoms with van der Waals surface area (Å²) in [7, 11) is 2.05. The second kappa shape index (κ2) is 7.79. The highest BCUT2D eigenvalue weighted by molar-refractivity contribution is 5.34. The first-order valence-corrected chi connectivity index (χ1v) is 6.11. The van der Waals surface area contributed by atoms with Gasteiger partial charge in [0, 0.05) is 26.3 Å². The molecule has 0 aliphatic carbocycles. The minimum absolute atomic E-state index is 0.776. The summed E-state index contributed by atoms with van der Waals surface area (Å²) in [6.45, 7) is 8.50. The van der Waals surface area contributed by atoms with E-state index in [1.54, 1.807) is 0 Å². The summed E-state index contributed by atoms with van der Waals surface area (Å²) in [5, 5.41) is 3.25. The van der Waals surface area contributed by atoms with Crippen LogP contribution in [0.25, 0.3) is 0 Å². The van der Waals surface area contributed by atoms with Gasteiger partial charge in [0.15, 0.2) is 0 Å². The van der Waals surface area contributed by atoms with E-state index in [0.29, 0.717) is 0 Å². The average molecular weight is 234 g/mol. The minimum atomic E-state index is 0.776. The Labute approximate surface area is 104 Å². The van der Waals surface area contributed by atoms with Gasteiger partial charge in [-0.1, -0.05) is 13.0 Å². The second-order valence-corrected chi connectivity index (χ2v) is 4.00. The van der Waals surface area contributed by atoms with Crippen molar-refractivity contribution < 1.29 is 0 Å². The van der Waals surface area contributed by atoms with Crippen molar-refractivity contribution in [2.75, 3.05) is 25.0 Å². The van der Waals surface area contributed by atoms with Crippen LogP contribution in [0, 0.1) is 0 Å². The molecule has 0 aliphatic heterocycles. The molecule has 0 spiro atoms. The Morgan fingerprint density at radius 2 is 2.29 bits per heavy atom. The molecule has 4 nitrogen and oxygen atoms in total. The molecular formula is C13H22N4. The van der Waals surface area contributed by atoms with Crippen LogP contribution >= 0.6 is 0 Å². The molecule has 0 bridgehead atoms. The third-order valence-corrected chi connectivity index (χ3v) is 2.52. The number of unbranched alkanes of at least 4 members (excludes halogenated alkanes) is 1. The molecule has 0 unspecified atom stereocenters. The van der Waals surface area contributed by atoms with E-state index in [4.69, 9.17) is 0 Å². The molecule has 94 valence electrons. The van der Waals surface area contributed by atoms with Crippen LogP contribution in [-0.2, 0) is 6.54 Å². The van der Waals surface area contributed by atoms with Gasteiger partial charge in [0.05, 0.1) is 11.9 Å². The van der Waals surface area contributed by atoms with Crippen molar-refractivity contribution in [2.24, 2.45) is 0 Å². The lowest BCUT2D eigenvalue weighted by Crippen LogP contribution is -2.21. The summed E-state index contributed by atoms with van der Waals surface area (Å²) < 4.78 is 0. The van der Waals surface area contributed by atoms with Gasteiger partial charge in [0.25, 0.3) is 0 Å². The SMILES string of the molecule is C=CCCCN(C)c1cncc(CNCC)n1. The first-order valence-electron chi connectivity index (χ1n) is 6.11. The molecule has 0 aliphatic rings. The normalized spacial score (nSPS) is 10.2. The van der Waals surface area contributed by atoms with E-state index in [2.05, 4.69) is 33.7 Å². The summed E-state index contributed by atoms with van der Waals surface area (Å²) in [5.41, 5.74) is 0.986. The Balaban J connectivity index is 2.53. The fourth-order valence-electron chi connectivity index (χ4n) is 1.50. The van der Waals surface area contributed by atoms with Crippen LogP contribution in [-0.4, -0.2) is 30.1 Å². The van der Waals surface area contributed by atoms with Crippen molar-refractivity contribution in [1.29, 1.82) is 0 Å². The van der Waals surface area contributed by atoms with Crippen LogP contribution in [0.3, 0.4) is 0 Å². The maximum absolute atomic E-state index is 4.56. The summed E-state index contributed by atoms with van der Waals surface area (Å²) in [6.07, 6.45) is 7.70. The summed E-state index contributed by atoms with van der Waals surface area (Å²) in [4.78, 5) is 10.9. The Morgan fingerprint density at radius 3 is 3.00 bits per heavy atom. The summed E-state index contributed by atoms with van der Waals surface area (Å²) >= 11 is 0. The molecular weight excluding hydrogens is 212 g/mol. The molecule has 0 radical (unpaired) electrons. The van der Waals surface area contributed by atoms with Gasteiger partial charge in [-0.15, -0.1) is 6.58 Å². The molecule has 1 heterocycles. The van der Waals surface area contributed by atoms with Crippen LogP contribution in [0.15, 0.2) is 25.0 Å². The lowest BCUT2D eigenvalue weighted by Gasteiger charge is -2.17. The molecule has 17 heavy (non-hydrogen) atoms. The predicted octanol–water partition coefficient (Wildman–Crippen LogP) is 1.99. The molecule has 1 rings (SSSR count). The van der Waals surface area contributed by atoms with E-state index >= 15 is 0 Å². The lowest BCUT2D eigenvalue weighted by atomic mass is 10.3. The maximum atomic E-state index is 4.56. The molecule has 0 atom stereocenters. The Bertz CT molecular complexity index is 338. The summed E-state index contributed by atoms with van der Waals surface area (Å²) in [6, 6.07) is 0. The molecule has 0 saturated carbocycles. The minimum Gasteiger partial charge on any atom is -0.358 e. The molecule has 1 aromatic rings. The number of hydrogen-bond acceptors (Lipinski definition) is 4. The van der Waals surface area contributed by atoms with E-state index < -0.39 is 0 Å². The monoisotopic (exact) mass is 234 g/mol. The molecule has 0 amide bonds. The number of hydrogen-bond donors (Lipinski definition) is 1. The lowest BCUT2D eigenvalue weighted by molar-refractivity contribution is 0.702. The fraction of sp³-hybridized carbons (Fsp3) is 0.538. The molecule has 1 aromatic heterocycles. The van der Waals surface area contributed by atoms with Crippen molar-refractivity contribution >= 4 is 5.82 Å². The van der Waals surface area contributed by atoms with Crippen molar-refractivity contribution in [3.63, 3.8) is 0 Å². The van der Waals surface area contributed by atoms with Crippen LogP contribution in [0.1, 0.15) is 25.5 Å². The van der Waals surface area contributed by atoms with Gasteiger partial charge in [0.2, 0.25) is 0 Å². The third-order valence-electron chi connectivity index (χ3n) is 2.52. The first-order chi connectivity index (χ1) is 8.27. The number of anilines is 1. The largest absolute Gasteiger partial charge is 0.358 e. The van der Waals surface area contributed by atoms with E-state index in [0.717, 1.165) is 44.0 Å². The van der Waals surface area contributed by atoms with Gasteiger partial charge in [-0.25, -0.2) is 4.98 Å². The van der Waals surface area contributed by atoms with Crippen LogP contribution in [0.4, 0.5) is 5.82 Å². The quantitative estimate of drug-likeness (QED) is 0.551. The number of allylic oxidation sites excluding steroid dienone is 1. The number of rotatable bonds is 8. The Kier molecular flexibility index (Phi) is 6.25. The van der Waals surface area contributed by atoms with E-state index in [1.165, 1.54) is 0 Å². The maximum Gasteiger partial charge on any atom is 0.147 e. The van der Waals surface area contributed by atoms with Gasteiger partial charge in [-0.05, 0) is 19.4 Å². The zero-order chi connectivity index (χ0) is 12.5. The van der Waals surface area contributed by atoms with E-state index in [1.807, 2.05) is 25.5 Å². The van der Waals surface area contributed by atoms with Crippen molar-refractivity contribution in [2.45, 2.75) is 26.3 Å². The van der Waals surface area contributed by atoms with Crippen LogP contribution in [0.2, 0.25) is 0 Å². The number of aromatic nitrogens is 2. The smallest absolute Gasteiger partial charge is 0.147 e. The zero-order valence-corrected chi connectivity index (χ0v) is 10.8. The highest BCUT2D eigenvalue weighted by Gasteiger charge is 2.03. The summed E-state index contributed by atoms with van der Waals surface area (Å²) in [5.74, 6) is 0.935. The van der Waals surface area contributed by atoms with E-state index in [9.17, 15) is 0 Å². The topological polar surface area (TPSA) is 41.1 Å². The number of nitrogens with one attached hydrogen (secondary N) is 1. The molecule has 0 aromatic carbocycles. The van der Waals surface area contributed by atoms with Crippen LogP contribution < -0.4 is 10.2 Å². The Morgan fingerprint density at radius 1 is 1.47 bits per heavy atom. The Hall–Kier alpha value is -1.42. The highest BCUT2D eigenvalue weighted by atomic mass is 15.2. The van der Waals surface area contributed by atoms with E-state index in [-0.39, 0.29) is 0 Å². The standard InChI is InChI=1S/C13H22N4/c1-4-6-7-8-17(3)13-11-15-10-12(16-13)9-14-5-2/h4,10-11,14H,1,5-9H2,2-3H3. The first kappa shape index (κ1) is 13.6. The van der Waals surface area contributed by atoms with Crippen LogP contribution in [0.5, 0.6) is 0 Å². The van der Waals surface area contributed by atoms with Gasteiger partial charge in [-0.2, -0.15) is 0 Å². The van der Waals surface area contributed by atoms with Gasteiger partial charge >= 0.3 is 0 Å². The zero-order valence-electron chi connectivity index (χ0n) is 10.8. The van der Waals surface area contributed by atoms with Crippen molar-refractivity contribution in [1.82, 2.24) is 15.3 Å².